The highest BCUT2D eigenvalue weighted by Crippen LogP contribution is 2.33. The molecule has 1 aliphatic rings. The molecule has 0 bridgehead atoms. The Morgan fingerprint density at radius 2 is 1.95 bits per heavy atom. The summed E-state index contributed by atoms with van der Waals surface area (Å²) >= 11 is 8.55. The van der Waals surface area contributed by atoms with Crippen LogP contribution in [-0.4, -0.2) is 30.1 Å². The molecule has 0 saturated carbocycles. The summed E-state index contributed by atoms with van der Waals surface area (Å²) < 4.78 is 0. The van der Waals surface area contributed by atoms with E-state index in [4.69, 9.17) is 11.6 Å². The minimum Gasteiger partial charge on any atom is -0.369 e. The van der Waals surface area contributed by atoms with Gasteiger partial charge in [0.2, 0.25) is 0 Å². The number of nitrogens with zero attached hydrogens (tertiary/aromatic N) is 1. The Kier molecular flexibility index (Phi) is 6.27. The van der Waals surface area contributed by atoms with Crippen LogP contribution in [0.3, 0.4) is 0 Å². The molecule has 2 atom stereocenters. The molecule has 0 aliphatic carbocycles. The summed E-state index contributed by atoms with van der Waals surface area (Å²) in [6, 6.07) is 6.29. The molecule has 21 heavy (non-hydrogen) atoms. The van der Waals surface area contributed by atoms with Crippen molar-refractivity contribution in [2.75, 3.05) is 24.5 Å². The van der Waals surface area contributed by atoms with Gasteiger partial charge in [0.15, 0.2) is 0 Å². The molecule has 0 amide bonds. The lowest BCUT2D eigenvalue weighted by molar-refractivity contribution is 0.551. The zero-order valence-electron chi connectivity index (χ0n) is 13.5. The van der Waals surface area contributed by atoms with Crippen molar-refractivity contribution < 1.29 is 0 Å². The number of nitrogens with one attached hydrogen (secondary N) is 1. The van der Waals surface area contributed by atoms with E-state index in [2.05, 4.69) is 61.8 Å². The van der Waals surface area contributed by atoms with Crippen molar-refractivity contribution in [3.8, 4) is 0 Å². The number of benzene rings is 1. The van der Waals surface area contributed by atoms with Gasteiger partial charge in [-0.15, -0.1) is 0 Å². The second-order valence-electron chi connectivity index (χ2n) is 6.42. The highest BCUT2D eigenvalue weighted by molar-refractivity contribution is 8.00. The molecule has 2 rings (SSSR count). The van der Waals surface area contributed by atoms with Gasteiger partial charge in [0.25, 0.3) is 0 Å². The number of anilines is 1. The first-order valence-corrected chi connectivity index (χ1v) is 9.18. The quantitative estimate of drug-likeness (QED) is 0.862. The van der Waals surface area contributed by atoms with Crippen molar-refractivity contribution in [2.45, 2.75) is 44.7 Å². The third-order valence-electron chi connectivity index (χ3n) is 3.71. The Morgan fingerprint density at radius 3 is 2.57 bits per heavy atom. The highest BCUT2D eigenvalue weighted by atomic mass is 35.5. The van der Waals surface area contributed by atoms with Crippen LogP contribution in [0, 0.1) is 5.92 Å². The summed E-state index contributed by atoms with van der Waals surface area (Å²) in [6.45, 7) is 13.2. The van der Waals surface area contributed by atoms with Gasteiger partial charge >= 0.3 is 0 Å². The third-order valence-corrected chi connectivity index (χ3v) is 5.29. The average molecular weight is 327 g/mol. The molecule has 118 valence electrons. The molecule has 2 nitrogen and oxygen atoms in total. The highest BCUT2D eigenvalue weighted by Gasteiger charge is 2.24. The van der Waals surface area contributed by atoms with E-state index in [9.17, 15) is 0 Å². The summed E-state index contributed by atoms with van der Waals surface area (Å²) in [6.07, 6.45) is 0. The molecule has 2 unspecified atom stereocenters. The molecule has 1 fully saturated rings. The molecule has 1 saturated heterocycles. The lowest BCUT2D eigenvalue weighted by Gasteiger charge is -2.37. The van der Waals surface area contributed by atoms with Crippen LogP contribution in [0.5, 0.6) is 0 Å². The van der Waals surface area contributed by atoms with Gasteiger partial charge in [0.05, 0.1) is 0 Å². The first kappa shape index (κ1) is 17.0. The molecule has 0 spiro atoms. The Bertz CT molecular complexity index is 454. The van der Waals surface area contributed by atoms with Crippen LogP contribution in [0.15, 0.2) is 18.2 Å². The predicted molar refractivity (Wildman–Crippen MR) is 96.7 cm³/mol. The van der Waals surface area contributed by atoms with Crippen LogP contribution in [0.25, 0.3) is 0 Å². The molecule has 4 heteroatoms. The van der Waals surface area contributed by atoms with E-state index < -0.39 is 0 Å². The van der Waals surface area contributed by atoms with Crippen LogP contribution in [-0.2, 0) is 6.54 Å². The molecule has 0 radical (unpaired) electrons. The Balaban J connectivity index is 2.16. The second-order valence-corrected chi connectivity index (χ2v) is 8.71. The van der Waals surface area contributed by atoms with Crippen LogP contribution in [0.1, 0.15) is 33.3 Å². The molecule has 1 N–H and O–H groups in total. The summed E-state index contributed by atoms with van der Waals surface area (Å²) in [5, 5.41) is 5.75. The normalized spacial score (nSPS) is 22.9. The van der Waals surface area contributed by atoms with Crippen molar-refractivity contribution >= 4 is 29.1 Å². The van der Waals surface area contributed by atoms with E-state index in [0.717, 1.165) is 31.2 Å². The number of rotatable bonds is 5. The monoisotopic (exact) mass is 326 g/mol. The zero-order valence-corrected chi connectivity index (χ0v) is 15.1. The van der Waals surface area contributed by atoms with Gasteiger partial charge in [-0.2, -0.15) is 11.8 Å². The first-order chi connectivity index (χ1) is 9.97. The smallest absolute Gasteiger partial charge is 0.0471 e. The number of halogens is 1. The third kappa shape index (κ3) is 4.80. The van der Waals surface area contributed by atoms with E-state index in [-0.39, 0.29) is 0 Å². The molecule has 1 aromatic rings. The summed E-state index contributed by atoms with van der Waals surface area (Å²) in [4.78, 5) is 2.50. The van der Waals surface area contributed by atoms with E-state index >= 15 is 0 Å². The van der Waals surface area contributed by atoms with Gasteiger partial charge in [0, 0.05) is 46.4 Å². The van der Waals surface area contributed by atoms with E-state index in [0.29, 0.717) is 16.4 Å². The minimum atomic E-state index is 0.655. The zero-order chi connectivity index (χ0) is 15.4. The largest absolute Gasteiger partial charge is 0.369 e. The topological polar surface area (TPSA) is 15.3 Å². The van der Waals surface area contributed by atoms with Crippen LogP contribution in [0.2, 0.25) is 5.02 Å². The van der Waals surface area contributed by atoms with Gasteiger partial charge in [-0.25, -0.2) is 0 Å². The van der Waals surface area contributed by atoms with Crippen LogP contribution < -0.4 is 10.2 Å². The van der Waals surface area contributed by atoms with Gasteiger partial charge in [-0.1, -0.05) is 45.4 Å². The first-order valence-electron chi connectivity index (χ1n) is 7.86. The number of hydrogen-bond acceptors (Lipinski definition) is 3. The van der Waals surface area contributed by atoms with Gasteiger partial charge in [-0.05, 0) is 24.6 Å². The molecule has 1 aliphatic heterocycles. The average Bonchev–Trinajstić information content (AvgIpc) is 2.39. The maximum Gasteiger partial charge on any atom is 0.0471 e. The SMILES string of the molecule is CC(C)CNCc1c(Cl)cccc1N1CC(C)SC(C)C1. The molecule has 1 heterocycles. The Labute approximate surface area is 138 Å². The molecule has 1 aromatic carbocycles. The van der Waals surface area contributed by atoms with Crippen molar-refractivity contribution in [3.05, 3.63) is 28.8 Å². The number of thioether (sulfide) groups is 1. The number of hydrogen-bond donors (Lipinski definition) is 1. The second kappa shape index (κ2) is 7.75. The van der Waals surface area contributed by atoms with E-state index in [1.54, 1.807) is 0 Å². The fourth-order valence-corrected chi connectivity index (χ4v) is 4.44. The Hall–Kier alpha value is -0.380. The van der Waals surface area contributed by atoms with Crippen molar-refractivity contribution in [1.29, 1.82) is 0 Å². The predicted octanol–water partition coefficient (Wildman–Crippen LogP) is 4.42. The van der Waals surface area contributed by atoms with E-state index in [1.165, 1.54) is 11.3 Å². The van der Waals surface area contributed by atoms with Crippen molar-refractivity contribution in [1.82, 2.24) is 5.32 Å². The standard InChI is InChI=1S/C17H27ClN2S/c1-12(2)8-19-9-15-16(18)6-5-7-17(15)20-10-13(3)21-14(4)11-20/h5-7,12-14,19H,8-11H2,1-4H3. The summed E-state index contributed by atoms with van der Waals surface area (Å²) in [5.41, 5.74) is 2.55. The fourth-order valence-electron chi connectivity index (χ4n) is 2.88. The fraction of sp³-hybridized carbons (Fsp3) is 0.647. The molecular weight excluding hydrogens is 300 g/mol. The minimum absolute atomic E-state index is 0.655. The van der Waals surface area contributed by atoms with Crippen molar-refractivity contribution in [3.63, 3.8) is 0 Å². The van der Waals surface area contributed by atoms with Crippen LogP contribution in [0.4, 0.5) is 5.69 Å². The molecule has 0 aromatic heterocycles. The lowest BCUT2D eigenvalue weighted by Crippen LogP contribution is -2.41. The van der Waals surface area contributed by atoms with Crippen LogP contribution >= 0.6 is 23.4 Å². The van der Waals surface area contributed by atoms with E-state index in [1.807, 2.05) is 6.07 Å². The maximum atomic E-state index is 6.46. The summed E-state index contributed by atoms with van der Waals surface area (Å²) in [7, 11) is 0. The summed E-state index contributed by atoms with van der Waals surface area (Å²) in [5.74, 6) is 0.655. The Morgan fingerprint density at radius 1 is 1.29 bits per heavy atom. The van der Waals surface area contributed by atoms with Gasteiger partial charge < -0.3 is 10.2 Å². The van der Waals surface area contributed by atoms with Gasteiger partial charge in [0.1, 0.15) is 0 Å². The van der Waals surface area contributed by atoms with Gasteiger partial charge in [-0.3, -0.25) is 0 Å². The molecular formula is C17H27ClN2S. The maximum absolute atomic E-state index is 6.46. The lowest BCUT2D eigenvalue weighted by atomic mass is 10.1. The van der Waals surface area contributed by atoms with Crippen molar-refractivity contribution in [2.24, 2.45) is 5.92 Å².